The van der Waals surface area contributed by atoms with Crippen LogP contribution in [0.15, 0.2) is 48.5 Å². The van der Waals surface area contributed by atoms with Gasteiger partial charge < -0.3 is 15.8 Å². The molecule has 140 valence electrons. The standard InChI is InChI=1S/C20H24F2N2O2/c1-13(2)15-5-7-16(8-6-15)18(23)12-24-19(25)11-14-3-9-17(10-4-14)26-20(21)22/h3-10,13,18,20H,11-12,23H2,1-2H3,(H,24,25). The Bertz CT molecular complexity index is 701. The lowest BCUT2D eigenvalue weighted by molar-refractivity contribution is -0.120. The molecule has 1 unspecified atom stereocenters. The molecule has 2 aromatic carbocycles. The molecule has 1 amide bonds. The highest BCUT2D eigenvalue weighted by Gasteiger charge is 2.10. The zero-order chi connectivity index (χ0) is 19.1. The molecule has 0 aliphatic heterocycles. The zero-order valence-electron chi connectivity index (χ0n) is 14.9. The number of amides is 1. The Kier molecular flexibility index (Phi) is 7.09. The van der Waals surface area contributed by atoms with Crippen LogP contribution in [-0.2, 0) is 11.2 Å². The zero-order valence-corrected chi connectivity index (χ0v) is 14.9. The van der Waals surface area contributed by atoms with Crippen LogP contribution in [-0.4, -0.2) is 19.1 Å². The van der Waals surface area contributed by atoms with Crippen LogP contribution >= 0.6 is 0 Å². The Balaban J connectivity index is 1.82. The van der Waals surface area contributed by atoms with Crippen LogP contribution in [0.3, 0.4) is 0 Å². The summed E-state index contributed by atoms with van der Waals surface area (Å²) in [6.45, 7) is 1.72. The van der Waals surface area contributed by atoms with E-state index in [0.29, 0.717) is 18.0 Å². The normalized spacial score (nSPS) is 12.3. The first-order chi connectivity index (χ1) is 12.3. The van der Waals surface area contributed by atoms with Crippen LogP contribution in [0.1, 0.15) is 42.5 Å². The number of nitrogens with two attached hydrogens (primary N) is 1. The van der Waals surface area contributed by atoms with Crippen molar-refractivity contribution in [1.29, 1.82) is 0 Å². The number of nitrogens with one attached hydrogen (secondary N) is 1. The average molecular weight is 362 g/mol. The van der Waals surface area contributed by atoms with E-state index in [2.05, 4.69) is 23.9 Å². The van der Waals surface area contributed by atoms with Gasteiger partial charge >= 0.3 is 6.61 Å². The summed E-state index contributed by atoms with van der Waals surface area (Å²) >= 11 is 0. The van der Waals surface area contributed by atoms with E-state index in [0.717, 1.165) is 5.56 Å². The highest BCUT2D eigenvalue weighted by molar-refractivity contribution is 5.78. The second-order valence-corrected chi connectivity index (χ2v) is 6.43. The highest BCUT2D eigenvalue weighted by atomic mass is 19.3. The first-order valence-corrected chi connectivity index (χ1v) is 8.51. The van der Waals surface area contributed by atoms with Gasteiger partial charge in [0.1, 0.15) is 5.75 Å². The van der Waals surface area contributed by atoms with E-state index >= 15 is 0 Å². The summed E-state index contributed by atoms with van der Waals surface area (Å²) in [5.74, 6) is 0.343. The number of hydrogen-bond donors (Lipinski definition) is 2. The van der Waals surface area contributed by atoms with Crippen molar-refractivity contribution in [3.63, 3.8) is 0 Å². The number of rotatable bonds is 8. The van der Waals surface area contributed by atoms with Crippen molar-refractivity contribution in [2.24, 2.45) is 5.73 Å². The van der Waals surface area contributed by atoms with Gasteiger partial charge in [0, 0.05) is 12.6 Å². The van der Waals surface area contributed by atoms with Crippen molar-refractivity contribution in [1.82, 2.24) is 5.32 Å². The summed E-state index contributed by atoms with van der Waals surface area (Å²) in [5, 5.41) is 2.80. The molecule has 0 bridgehead atoms. The number of hydrogen-bond acceptors (Lipinski definition) is 3. The van der Waals surface area contributed by atoms with Crippen molar-refractivity contribution >= 4 is 5.91 Å². The fraction of sp³-hybridized carbons (Fsp3) is 0.350. The molecule has 3 N–H and O–H groups in total. The lowest BCUT2D eigenvalue weighted by atomic mass is 9.99. The summed E-state index contributed by atoms with van der Waals surface area (Å²) in [4.78, 5) is 12.0. The molecule has 2 aromatic rings. The van der Waals surface area contributed by atoms with E-state index in [9.17, 15) is 13.6 Å². The topological polar surface area (TPSA) is 64.3 Å². The first kappa shape index (κ1) is 19.8. The van der Waals surface area contributed by atoms with Crippen LogP contribution in [0.4, 0.5) is 8.78 Å². The number of ether oxygens (including phenoxy) is 1. The number of carbonyl (C=O) groups is 1. The van der Waals surface area contributed by atoms with E-state index in [-0.39, 0.29) is 24.1 Å². The Morgan fingerprint density at radius 2 is 1.62 bits per heavy atom. The van der Waals surface area contributed by atoms with Gasteiger partial charge in [0.05, 0.1) is 6.42 Å². The van der Waals surface area contributed by atoms with Crippen molar-refractivity contribution in [2.75, 3.05) is 6.54 Å². The Morgan fingerprint density at radius 1 is 1.04 bits per heavy atom. The van der Waals surface area contributed by atoms with Crippen molar-refractivity contribution < 1.29 is 18.3 Å². The van der Waals surface area contributed by atoms with Crippen LogP contribution in [0, 0.1) is 0 Å². The molecular weight excluding hydrogens is 338 g/mol. The molecular formula is C20H24F2N2O2. The molecule has 26 heavy (non-hydrogen) atoms. The lowest BCUT2D eigenvalue weighted by Gasteiger charge is -2.15. The molecule has 0 saturated carbocycles. The van der Waals surface area contributed by atoms with Crippen LogP contribution in [0.5, 0.6) is 5.75 Å². The SMILES string of the molecule is CC(C)c1ccc(C(N)CNC(=O)Cc2ccc(OC(F)F)cc2)cc1. The summed E-state index contributed by atoms with van der Waals surface area (Å²) < 4.78 is 28.5. The third-order valence-corrected chi connectivity index (χ3v) is 4.06. The molecule has 0 heterocycles. The molecule has 0 aliphatic rings. The molecule has 1 atom stereocenters. The highest BCUT2D eigenvalue weighted by Crippen LogP contribution is 2.18. The Morgan fingerprint density at radius 3 is 2.15 bits per heavy atom. The van der Waals surface area contributed by atoms with Gasteiger partial charge in [-0.05, 0) is 34.7 Å². The molecule has 0 spiro atoms. The minimum absolute atomic E-state index is 0.0658. The predicted octanol–water partition coefficient (Wildman–Crippen LogP) is 3.77. The molecule has 0 fully saturated rings. The van der Waals surface area contributed by atoms with Gasteiger partial charge in [-0.2, -0.15) is 8.78 Å². The molecule has 4 nitrogen and oxygen atoms in total. The smallest absolute Gasteiger partial charge is 0.387 e. The van der Waals surface area contributed by atoms with E-state index in [1.54, 1.807) is 12.1 Å². The number of alkyl halides is 2. The monoisotopic (exact) mass is 362 g/mol. The van der Waals surface area contributed by atoms with Gasteiger partial charge in [-0.15, -0.1) is 0 Å². The van der Waals surface area contributed by atoms with Gasteiger partial charge in [-0.1, -0.05) is 50.2 Å². The summed E-state index contributed by atoms with van der Waals surface area (Å²) in [6.07, 6.45) is 0.147. The average Bonchev–Trinajstić information content (AvgIpc) is 2.61. The summed E-state index contributed by atoms with van der Waals surface area (Å²) in [6, 6.07) is 13.8. The van der Waals surface area contributed by atoms with Crippen molar-refractivity contribution in [3.05, 3.63) is 65.2 Å². The third kappa shape index (κ3) is 6.11. The Hall–Kier alpha value is -2.47. The molecule has 6 heteroatoms. The molecule has 0 aromatic heterocycles. The van der Waals surface area contributed by atoms with E-state index in [1.165, 1.54) is 17.7 Å². The van der Waals surface area contributed by atoms with E-state index in [4.69, 9.17) is 5.73 Å². The number of carbonyl (C=O) groups excluding carboxylic acids is 1. The van der Waals surface area contributed by atoms with E-state index in [1.807, 2.05) is 24.3 Å². The fourth-order valence-electron chi connectivity index (χ4n) is 2.51. The quantitative estimate of drug-likeness (QED) is 0.751. The molecule has 0 saturated heterocycles. The maximum Gasteiger partial charge on any atom is 0.387 e. The maximum atomic E-state index is 12.1. The van der Waals surface area contributed by atoms with Gasteiger partial charge in [-0.25, -0.2) is 0 Å². The lowest BCUT2D eigenvalue weighted by Crippen LogP contribution is -2.32. The minimum atomic E-state index is -2.86. The summed E-state index contributed by atoms with van der Waals surface area (Å²) in [7, 11) is 0. The second-order valence-electron chi connectivity index (χ2n) is 6.43. The van der Waals surface area contributed by atoms with Crippen molar-refractivity contribution in [2.45, 2.75) is 38.8 Å². The molecule has 0 aliphatic carbocycles. The van der Waals surface area contributed by atoms with Gasteiger partial charge in [-0.3, -0.25) is 4.79 Å². The first-order valence-electron chi connectivity index (χ1n) is 8.51. The van der Waals surface area contributed by atoms with Crippen molar-refractivity contribution in [3.8, 4) is 5.75 Å². The molecule has 0 radical (unpaired) electrons. The van der Waals surface area contributed by atoms with Crippen LogP contribution in [0.2, 0.25) is 0 Å². The van der Waals surface area contributed by atoms with Crippen LogP contribution in [0.25, 0.3) is 0 Å². The maximum absolute atomic E-state index is 12.1. The van der Waals surface area contributed by atoms with Crippen LogP contribution < -0.4 is 15.8 Å². The predicted molar refractivity (Wildman–Crippen MR) is 97.2 cm³/mol. The Labute approximate surface area is 152 Å². The number of halogens is 2. The largest absolute Gasteiger partial charge is 0.435 e. The van der Waals surface area contributed by atoms with Gasteiger partial charge in [0.15, 0.2) is 0 Å². The summed E-state index contributed by atoms with van der Waals surface area (Å²) in [5.41, 5.74) is 9.04. The third-order valence-electron chi connectivity index (χ3n) is 4.06. The second kappa shape index (κ2) is 9.29. The minimum Gasteiger partial charge on any atom is -0.435 e. The van der Waals surface area contributed by atoms with Gasteiger partial charge in [0.2, 0.25) is 5.91 Å². The number of benzene rings is 2. The fourth-order valence-corrected chi connectivity index (χ4v) is 2.51. The van der Waals surface area contributed by atoms with E-state index < -0.39 is 6.61 Å². The van der Waals surface area contributed by atoms with Gasteiger partial charge in [0.25, 0.3) is 0 Å². The molecule has 2 rings (SSSR count).